The van der Waals surface area contributed by atoms with E-state index in [1.54, 1.807) is 12.3 Å². The molecule has 0 saturated carbocycles. The van der Waals surface area contributed by atoms with Gasteiger partial charge in [-0.15, -0.1) is 0 Å². The summed E-state index contributed by atoms with van der Waals surface area (Å²) in [4.78, 5) is 20.8. The van der Waals surface area contributed by atoms with Crippen molar-refractivity contribution in [1.29, 1.82) is 0 Å². The summed E-state index contributed by atoms with van der Waals surface area (Å²) >= 11 is 6.10. The van der Waals surface area contributed by atoms with Gasteiger partial charge in [-0.05, 0) is 12.1 Å². The molecule has 2 N–H and O–H groups in total. The molecular formula is C18H22ClN5O. The molecule has 0 aliphatic rings. The Balaban J connectivity index is 1.90. The molecule has 0 spiro atoms. The van der Waals surface area contributed by atoms with Gasteiger partial charge in [0.15, 0.2) is 5.82 Å². The fraction of sp³-hybridized carbons (Fsp3) is 0.278. The van der Waals surface area contributed by atoms with Gasteiger partial charge in [-0.25, -0.2) is 4.98 Å². The zero-order valence-electron chi connectivity index (χ0n) is 14.0. The Hall–Kier alpha value is -2.44. The number of hydrogen-bond donors (Lipinski definition) is 2. The summed E-state index contributed by atoms with van der Waals surface area (Å²) in [5, 5.41) is 6.59. The molecule has 0 fully saturated rings. The maximum Gasteiger partial charge on any atom is 0.294 e. The van der Waals surface area contributed by atoms with Crippen molar-refractivity contribution < 1.29 is 0 Å². The number of rotatable bonds is 10. The molecule has 0 saturated heterocycles. The van der Waals surface area contributed by atoms with Crippen LogP contribution in [0.2, 0.25) is 5.15 Å². The van der Waals surface area contributed by atoms with Crippen LogP contribution >= 0.6 is 11.6 Å². The van der Waals surface area contributed by atoms with Gasteiger partial charge in [0, 0.05) is 44.5 Å². The van der Waals surface area contributed by atoms with E-state index >= 15 is 0 Å². The minimum absolute atomic E-state index is 0.225. The second kappa shape index (κ2) is 10.4. The summed E-state index contributed by atoms with van der Waals surface area (Å²) in [6, 6.07) is 5.76. The minimum atomic E-state index is -0.225. The highest BCUT2D eigenvalue weighted by atomic mass is 35.5. The summed E-state index contributed by atoms with van der Waals surface area (Å²) in [6.07, 6.45) is 9.48. The Morgan fingerprint density at radius 1 is 1.28 bits per heavy atom. The van der Waals surface area contributed by atoms with Gasteiger partial charge < -0.3 is 10.6 Å². The SMILES string of the molecule is C=C/C=C/CNCCn1c(Cl)cnc(NCCc2ccccn2)c1=O. The van der Waals surface area contributed by atoms with Crippen LogP contribution in [0.25, 0.3) is 0 Å². The van der Waals surface area contributed by atoms with E-state index in [-0.39, 0.29) is 5.56 Å². The van der Waals surface area contributed by atoms with E-state index in [9.17, 15) is 4.79 Å². The number of pyridine rings is 1. The number of nitrogens with zero attached hydrogens (tertiary/aromatic N) is 3. The maximum absolute atomic E-state index is 12.5. The minimum Gasteiger partial charge on any atom is -0.365 e. The quantitative estimate of drug-likeness (QED) is 0.503. The number of anilines is 1. The standard InChI is InChI=1S/C18H22ClN5O/c1-2-3-5-9-20-12-13-24-16(19)14-23-17(18(24)25)22-11-8-15-7-4-6-10-21-15/h2-7,10,14,20H,1,8-9,11-13H2,(H,22,23)/b5-3+. The molecule has 0 radical (unpaired) electrons. The largest absolute Gasteiger partial charge is 0.365 e. The molecule has 0 atom stereocenters. The third kappa shape index (κ3) is 6.17. The van der Waals surface area contributed by atoms with Crippen molar-refractivity contribution in [3.63, 3.8) is 0 Å². The van der Waals surface area contributed by atoms with E-state index in [1.165, 1.54) is 10.8 Å². The number of aromatic nitrogens is 3. The van der Waals surface area contributed by atoms with Crippen LogP contribution in [-0.2, 0) is 13.0 Å². The third-order valence-corrected chi connectivity index (χ3v) is 3.75. The normalized spacial score (nSPS) is 10.9. The highest BCUT2D eigenvalue weighted by molar-refractivity contribution is 6.29. The van der Waals surface area contributed by atoms with E-state index < -0.39 is 0 Å². The van der Waals surface area contributed by atoms with E-state index in [2.05, 4.69) is 27.2 Å². The summed E-state index contributed by atoms with van der Waals surface area (Å²) in [5.74, 6) is 0.298. The molecule has 6 nitrogen and oxygen atoms in total. The predicted molar refractivity (Wildman–Crippen MR) is 102 cm³/mol. The second-order valence-corrected chi connectivity index (χ2v) is 5.64. The van der Waals surface area contributed by atoms with Crippen LogP contribution in [-0.4, -0.2) is 34.2 Å². The van der Waals surface area contributed by atoms with Crippen molar-refractivity contribution in [2.45, 2.75) is 13.0 Å². The summed E-state index contributed by atoms with van der Waals surface area (Å²) in [6.45, 7) is 5.98. The first-order valence-corrected chi connectivity index (χ1v) is 8.47. The van der Waals surface area contributed by atoms with Crippen molar-refractivity contribution in [2.75, 3.05) is 25.0 Å². The van der Waals surface area contributed by atoms with Gasteiger partial charge in [0.2, 0.25) is 0 Å². The van der Waals surface area contributed by atoms with Crippen molar-refractivity contribution >= 4 is 17.4 Å². The smallest absolute Gasteiger partial charge is 0.294 e. The average molecular weight is 360 g/mol. The molecule has 0 amide bonds. The number of nitrogens with one attached hydrogen (secondary N) is 2. The monoisotopic (exact) mass is 359 g/mol. The second-order valence-electron chi connectivity index (χ2n) is 5.25. The van der Waals surface area contributed by atoms with Gasteiger partial charge in [0.05, 0.1) is 6.20 Å². The maximum atomic E-state index is 12.5. The van der Waals surface area contributed by atoms with Crippen LogP contribution in [0.15, 0.2) is 60.2 Å². The van der Waals surface area contributed by atoms with Crippen molar-refractivity contribution in [1.82, 2.24) is 19.9 Å². The fourth-order valence-corrected chi connectivity index (χ4v) is 2.40. The summed E-state index contributed by atoms with van der Waals surface area (Å²) in [5.41, 5.74) is 0.734. The van der Waals surface area contributed by atoms with Gasteiger partial charge in [-0.1, -0.05) is 42.5 Å². The molecule has 7 heteroatoms. The molecule has 0 aliphatic heterocycles. The Morgan fingerprint density at radius 2 is 2.16 bits per heavy atom. The van der Waals surface area contributed by atoms with Crippen LogP contribution in [0, 0.1) is 0 Å². The lowest BCUT2D eigenvalue weighted by Gasteiger charge is -2.11. The van der Waals surface area contributed by atoms with E-state index in [0.717, 1.165) is 5.69 Å². The number of allylic oxidation sites excluding steroid dienone is 2. The van der Waals surface area contributed by atoms with Crippen LogP contribution in [0.4, 0.5) is 5.82 Å². The molecule has 132 valence electrons. The Bertz CT molecular complexity index is 758. The van der Waals surface area contributed by atoms with Crippen LogP contribution in [0.5, 0.6) is 0 Å². The lowest BCUT2D eigenvalue weighted by molar-refractivity contribution is 0.607. The van der Waals surface area contributed by atoms with E-state index in [4.69, 9.17) is 11.6 Å². The van der Waals surface area contributed by atoms with E-state index in [0.29, 0.717) is 43.6 Å². The number of halogens is 1. The highest BCUT2D eigenvalue weighted by Gasteiger charge is 2.08. The first-order chi connectivity index (χ1) is 12.2. The molecule has 2 aromatic heterocycles. The topological polar surface area (TPSA) is 71.8 Å². The third-order valence-electron chi connectivity index (χ3n) is 3.45. The molecule has 2 heterocycles. The van der Waals surface area contributed by atoms with Crippen LogP contribution < -0.4 is 16.2 Å². The fourth-order valence-electron chi connectivity index (χ4n) is 2.19. The Labute approximate surface area is 152 Å². The molecule has 0 unspecified atom stereocenters. The van der Waals surface area contributed by atoms with E-state index in [1.807, 2.05) is 30.4 Å². The summed E-state index contributed by atoms with van der Waals surface area (Å²) in [7, 11) is 0. The van der Waals surface area contributed by atoms with Crippen LogP contribution in [0.1, 0.15) is 5.69 Å². The van der Waals surface area contributed by atoms with Gasteiger partial charge in [-0.3, -0.25) is 14.3 Å². The van der Waals surface area contributed by atoms with Gasteiger partial charge in [0.1, 0.15) is 5.15 Å². The van der Waals surface area contributed by atoms with Gasteiger partial charge >= 0.3 is 0 Å². The van der Waals surface area contributed by atoms with Crippen molar-refractivity contribution in [3.05, 3.63) is 76.6 Å². The molecule has 2 rings (SSSR count). The zero-order chi connectivity index (χ0) is 17.9. The molecular weight excluding hydrogens is 338 g/mol. The average Bonchev–Trinajstić information content (AvgIpc) is 2.63. The molecule has 0 aliphatic carbocycles. The van der Waals surface area contributed by atoms with Gasteiger partial charge in [-0.2, -0.15) is 0 Å². The Morgan fingerprint density at radius 3 is 2.92 bits per heavy atom. The van der Waals surface area contributed by atoms with Crippen molar-refractivity contribution in [2.24, 2.45) is 0 Å². The molecule has 25 heavy (non-hydrogen) atoms. The lowest BCUT2D eigenvalue weighted by Crippen LogP contribution is -2.30. The first kappa shape index (κ1) is 18.9. The highest BCUT2D eigenvalue weighted by Crippen LogP contribution is 2.06. The predicted octanol–water partition coefficient (Wildman–Crippen LogP) is 2.28. The summed E-state index contributed by atoms with van der Waals surface area (Å²) < 4.78 is 1.50. The Kier molecular flexibility index (Phi) is 7.88. The van der Waals surface area contributed by atoms with Crippen LogP contribution in [0.3, 0.4) is 0 Å². The first-order valence-electron chi connectivity index (χ1n) is 8.09. The number of hydrogen-bond acceptors (Lipinski definition) is 5. The molecule has 0 bridgehead atoms. The van der Waals surface area contributed by atoms with Crippen molar-refractivity contribution in [3.8, 4) is 0 Å². The molecule has 2 aromatic rings. The van der Waals surface area contributed by atoms with Gasteiger partial charge in [0.25, 0.3) is 5.56 Å². The molecule has 0 aromatic carbocycles. The zero-order valence-corrected chi connectivity index (χ0v) is 14.7. The lowest BCUT2D eigenvalue weighted by atomic mass is 10.3.